The minimum absolute atomic E-state index is 0.102. The molecule has 0 unspecified atom stereocenters. The summed E-state index contributed by atoms with van der Waals surface area (Å²) in [6, 6.07) is 11.8. The molecule has 1 heterocycles. The van der Waals surface area contributed by atoms with Gasteiger partial charge in [0.25, 0.3) is 5.56 Å². The Hall–Kier alpha value is -2.07. The number of aromatic nitrogens is 1. The van der Waals surface area contributed by atoms with Crippen LogP contribution in [0.5, 0.6) is 5.75 Å². The van der Waals surface area contributed by atoms with Crippen LogP contribution in [0.2, 0.25) is 0 Å². The van der Waals surface area contributed by atoms with Crippen molar-refractivity contribution in [1.82, 2.24) is 4.57 Å². The lowest BCUT2D eigenvalue weighted by Crippen LogP contribution is -2.22. The molecule has 0 radical (unpaired) electrons. The summed E-state index contributed by atoms with van der Waals surface area (Å²) < 4.78 is 7.32. The molecule has 0 saturated heterocycles. The van der Waals surface area contributed by atoms with Crippen LogP contribution in [0.25, 0.3) is 0 Å². The Morgan fingerprint density at radius 1 is 1.18 bits per heavy atom. The summed E-state index contributed by atoms with van der Waals surface area (Å²) in [5.74, 6) is 0.895. The van der Waals surface area contributed by atoms with Crippen molar-refractivity contribution in [1.29, 1.82) is 0 Å². The molecule has 0 aliphatic heterocycles. The number of nitrogens with zero attached hydrogens (tertiary/aromatic N) is 1. The van der Waals surface area contributed by atoms with Crippen LogP contribution in [-0.2, 0) is 13.2 Å². The average molecular weight is 300 g/mol. The van der Waals surface area contributed by atoms with Crippen molar-refractivity contribution in [3.05, 3.63) is 64.1 Å². The minimum Gasteiger partial charge on any atom is -0.483 e. The Kier molecular flexibility index (Phi) is 5.78. The Morgan fingerprint density at radius 2 is 1.91 bits per heavy atom. The van der Waals surface area contributed by atoms with Gasteiger partial charge in [-0.1, -0.05) is 38.1 Å². The summed E-state index contributed by atoms with van der Waals surface area (Å²) in [7, 11) is 0. The van der Waals surface area contributed by atoms with E-state index in [-0.39, 0.29) is 5.56 Å². The highest BCUT2D eigenvalue weighted by molar-refractivity contribution is 5.25. The summed E-state index contributed by atoms with van der Waals surface area (Å²) in [5.41, 5.74) is 7.74. The molecule has 0 aliphatic rings. The molecule has 2 rings (SSSR count). The second kappa shape index (κ2) is 7.80. The zero-order valence-corrected chi connectivity index (χ0v) is 13.3. The Morgan fingerprint density at radius 3 is 2.55 bits per heavy atom. The van der Waals surface area contributed by atoms with Crippen molar-refractivity contribution in [2.24, 2.45) is 5.73 Å². The molecule has 22 heavy (non-hydrogen) atoms. The van der Waals surface area contributed by atoms with E-state index in [2.05, 4.69) is 26.0 Å². The van der Waals surface area contributed by atoms with Crippen LogP contribution in [0, 0.1) is 0 Å². The standard InChI is InChI=1S/C18H24N2O2/c1-14(2)16-8-6-15(7-9-16)13-22-17-5-3-11-20(18(17)21)12-4-10-19/h3,5-9,11,14H,4,10,12-13,19H2,1-2H3. The smallest absolute Gasteiger partial charge is 0.292 e. The highest BCUT2D eigenvalue weighted by Crippen LogP contribution is 2.15. The van der Waals surface area contributed by atoms with Crippen LogP contribution in [0.15, 0.2) is 47.4 Å². The van der Waals surface area contributed by atoms with Gasteiger partial charge in [-0.05, 0) is 42.1 Å². The summed E-state index contributed by atoms with van der Waals surface area (Å²) >= 11 is 0. The maximum absolute atomic E-state index is 12.2. The van der Waals surface area contributed by atoms with Gasteiger partial charge in [-0.25, -0.2) is 0 Å². The minimum atomic E-state index is -0.102. The lowest BCUT2D eigenvalue weighted by Gasteiger charge is -2.10. The van der Waals surface area contributed by atoms with Gasteiger partial charge in [-0.2, -0.15) is 0 Å². The quantitative estimate of drug-likeness (QED) is 0.855. The van der Waals surface area contributed by atoms with E-state index in [1.165, 1.54) is 5.56 Å². The van der Waals surface area contributed by atoms with Gasteiger partial charge in [0, 0.05) is 12.7 Å². The third kappa shape index (κ3) is 4.21. The summed E-state index contributed by atoms with van der Waals surface area (Å²) in [5, 5.41) is 0. The monoisotopic (exact) mass is 300 g/mol. The fraction of sp³-hybridized carbons (Fsp3) is 0.389. The molecule has 2 aromatic rings. The van der Waals surface area contributed by atoms with Crippen molar-refractivity contribution in [2.45, 2.75) is 39.3 Å². The number of rotatable bonds is 7. The molecule has 0 atom stereocenters. The second-order valence-corrected chi connectivity index (χ2v) is 5.70. The van der Waals surface area contributed by atoms with E-state index >= 15 is 0 Å². The third-order valence-electron chi connectivity index (χ3n) is 3.63. The first-order chi connectivity index (χ1) is 10.6. The van der Waals surface area contributed by atoms with Gasteiger partial charge >= 0.3 is 0 Å². The van der Waals surface area contributed by atoms with E-state index in [1.54, 1.807) is 16.8 Å². The summed E-state index contributed by atoms with van der Waals surface area (Å²) in [4.78, 5) is 12.2. The van der Waals surface area contributed by atoms with Crippen LogP contribution in [0.3, 0.4) is 0 Å². The van der Waals surface area contributed by atoms with E-state index < -0.39 is 0 Å². The third-order valence-corrected chi connectivity index (χ3v) is 3.63. The Bertz CT molecular complexity index is 645. The zero-order valence-electron chi connectivity index (χ0n) is 13.3. The van der Waals surface area contributed by atoms with E-state index in [0.717, 1.165) is 12.0 Å². The van der Waals surface area contributed by atoms with E-state index in [9.17, 15) is 4.79 Å². The van der Waals surface area contributed by atoms with Gasteiger partial charge in [0.1, 0.15) is 6.61 Å². The van der Waals surface area contributed by atoms with Crippen LogP contribution in [0.4, 0.5) is 0 Å². The molecule has 4 heteroatoms. The van der Waals surface area contributed by atoms with Crippen molar-refractivity contribution in [2.75, 3.05) is 6.54 Å². The van der Waals surface area contributed by atoms with Gasteiger partial charge in [0.05, 0.1) is 0 Å². The number of hydrogen-bond acceptors (Lipinski definition) is 3. The molecule has 0 aliphatic carbocycles. The first-order valence-corrected chi connectivity index (χ1v) is 7.73. The fourth-order valence-corrected chi connectivity index (χ4v) is 2.22. The topological polar surface area (TPSA) is 57.2 Å². The number of benzene rings is 1. The predicted molar refractivity (Wildman–Crippen MR) is 89.2 cm³/mol. The van der Waals surface area contributed by atoms with E-state index in [0.29, 0.717) is 31.4 Å². The number of aryl methyl sites for hydroxylation is 1. The Balaban J connectivity index is 2.03. The largest absolute Gasteiger partial charge is 0.483 e. The molecule has 0 bridgehead atoms. The van der Waals surface area contributed by atoms with Crippen molar-refractivity contribution >= 4 is 0 Å². The number of ether oxygens (including phenoxy) is 1. The number of nitrogens with two attached hydrogens (primary N) is 1. The molecule has 0 fully saturated rings. The fourth-order valence-electron chi connectivity index (χ4n) is 2.22. The molecular weight excluding hydrogens is 276 g/mol. The van der Waals surface area contributed by atoms with Crippen LogP contribution in [0.1, 0.15) is 37.3 Å². The van der Waals surface area contributed by atoms with Gasteiger partial charge in [0.15, 0.2) is 5.75 Å². The van der Waals surface area contributed by atoms with Crippen molar-refractivity contribution < 1.29 is 4.74 Å². The SMILES string of the molecule is CC(C)c1ccc(COc2cccn(CCCN)c2=O)cc1. The normalized spacial score (nSPS) is 10.9. The van der Waals surface area contributed by atoms with Gasteiger partial charge in [-0.3, -0.25) is 4.79 Å². The zero-order chi connectivity index (χ0) is 15.9. The average Bonchev–Trinajstić information content (AvgIpc) is 2.53. The maximum Gasteiger partial charge on any atom is 0.292 e. The maximum atomic E-state index is 12.2. The molecular formula is C18H24N2O2. The molecule has 0 saturated carbocycles. The molecule has 0 amide bonds. The molecule has 4 nitrogen and oxygen atoms in total. The van der Waals surface area contributed by atoms with Crippen molar-refractivity contribution in [3.63, 3.8) is 0 Å². The first kappa shape index (κ1) is 16.3. The lowest BCUT2D eigenvalue weighted by atomic mass is 10.0. The molecule has 1 aromatic heterocycles. The summed E-state index contributed by atoms with van der Waals surface area (Å²) in [6.07, 6.45) is 2.54. The molecule has 1 aromatic carbocycles. The highest BCUT2D eigenvalue weighted by Gasteiger charge is 2.05. The number of pyridine rings is 1. The highest BCUT2D eigenvalue weighted by atomic mass is 16.5. The summed E-state index contributed by atoms with van der Waals surface area (Å²) in [6.45, 7) is 5.92. The van der Waals surface area contributed by atoms with Crippen LogP contribution < -0.4 is 16.0 Å². The molecule has 2 N–H and O–H groups in total. The number of hydrogen-bond donors (Lipinski definition) is 1. The van der Waals surface area contributed by atoms with Crippen LogP contribution >= 0.6 is 0 Å². The van der Waals surface area contributed by atoms with Crippen LogP contribution in [-0.4, -0.2) is 11.1 Å². The van der Waals surface area contributed by atoms with Gasteiger partial charge in [-0.15, -0.1) is 0 Å². The first-order valence-electron chi connectivity index (χ1n) is 7.73. The van der Waals surface area contributed by atoms with Gasteiger partial charge < -0.3 is 15.0 Å². The molecule has 118 valence electrons. The Labute approximate surface area is 131 Å². The predicted octanol–water partition coefficient (Wildman–Crippen LogP) is 2.90. The molecule has 0 spiro atoms. The lowest BCUT2D eigenvalue weighted by molar-refractivity contribution is 0.298. The van der Waals surface area contributed by atoms with E-state index in [4.69, 9.17) is 10.5 Å². The van der Waals surface area contributed by atoms with E-state index in [1.807, 2.05) is 18.2 Å². The van der Waals surface area contributed by atoms with Crippen molar-refractivity contribution in [3.8, 4) is 5.75 Å². The second-order valence-electron chi connectivity index (χ2n) is 5.70. The van der Waals surface area contributed by atoms with Gasteiger partial charge in [0.2, 0.25) is 0 Å².